The van der Waals surface area contributed by atoms with Crippen LogP contribution in [0.1, 0.15) is 38.8 Å². The Kier molecular flexibility index (Phi) is 5.72. The molecule has 2 aliphatic heterocycles. The van der Waals surface area contributed by atoms with Crippen molar-refractivity contribution in [3.05, 3.63) is 53.6 Å². The number of aliphatic hydroxyl groups excluding tert-OH is 1. The van der Waals surface area contributed by atoms with Crippen LogP contribution in [0.2, 0.25) is 0 Å². The maximum Gasteiger partial charge on any atom is 0.495 e. The van der Waals surface area contributed by atoms with Gasteiger partial charge in [0, 0.05) is 32.2 Å². The number of aliphatic hydroxyl groups is 1. The van der Waals surface area contributed by atoms with E-state index < -0.39 is 13.2 Å². The number of fused-ring (bicyclic) bond motifs is 1. The van der Waals surface area contributed by atoms with Gasteiger partial charge in [0.05, 0.1) is 28.7 Å². The highest BCUT2D eigenvalue weighted by atomic mass is 16.7. The van der Waals surface area contributed by atoms with Crippen LogP contribution in [-0.2, 0) is 22.2 Å². The summed E-state index contributed by atoms with van der Waals surface area (Å²) < 4.78 is 12.7. The van der Waals surface area contributed by atoms with Crippen LogP contribution in [0.5, 0.6) is 0 Å². The summed E-state index contributed by atoms with van der Waals surface area (Å²) in [7, 11) is -0.395. The summed E-state index contributed by atoms with van der Waals surface area (Å²) in [6.07, 6.45) is 1.07. The zero-order valence-corrected chi connectivity index (χ0v) is 20.3. The molecule has 2 fully saturated rings. The summed E-state index contributed by atoms with van der Waals surface area (Å²) >= 11 is 0. The normalized spacial score (nSPS) is 26.9. The zero-order chi connectivity index (χ0) is 23.4. The smallest absolute Gasteiger partial charge is 0.399 e. The van der Waals surface area contributed by atoms with Crippen molar-refractivity contribution >= 4 is 24.0 Å². The maximum absolute atomic E-state index is 11.2. The standard InChI is InChI=1S/C26H36BN3O3/c1-25(2)26(3,4)33-27(32-25)20-9-7-8-18-16-23(24(31)17-19(18)20)30-14-12-29(13-15-30)22-11-6-5-10-21(22)28/h5-11,23-24,31H,12-17,28H2,1-4H3/t23-,24?/m0/s1. The maximum atomic E-state index is 11.2. The molecule has 5 rings (SSSR count). The second-order valence-corrected chi connectivity index (χ2v) is 10.7. The quantitative estimate of drug-likeness (QED) is 0.553. The molecule has 3 aliphatic rings. The van der Waals surface area contributed by atoms with Crippen molar-refractivity contribution in [2.24, 2.45) is 0 Å². The van der Waals surface area contributed by atoms with Crippen LogP contribution in [0, 0.1) is 0 Å². The van der Waals surface area contributed by atoms with Crippen molar-refractivity contribution < 1.29 is 14.4 Å². The minimum Gasteiger partial charge on any atom is -0.399 e. The average molecular weight is 449 g/mol. The van der Waals surface area contributed by atoms with Crippen molar-refractivity contribution in [1.82, 2.24) is 4.90 Å². The van der Waals surface area contributed by atoms with Gasteiger partial charge in [-0.2, -0.15) is 0 Å². The number of hydrogen-bond donors (Lipinski definition) is 2. The summed E-state index contributed by atoms with van der Waals surface area (Å²) in [6, 6.07) is 14.6. The molecular weight excluding hydrogens is 413 g/mol. The van der Waals surface area contributed by atoms with E-state index in [0.717, 1.165) is 49.4 Å². The molecule has 1 unspecified atom stereocenters. The lowest BCUT2D eigenvalue weighted by atomic mass is 9.70. The second kappa shape index (κ2) is 8.31. The Hall–Kier alpha value is -2.06. The molecular formula is C26H36BN3O3. The summed E-state index contributed by atoms with van der Waals surface area (Å²) in [5, 5.41) is 11.2. The summed E-state index contributed by atoms with van der Waals surface area (Å²) in [4.78, 5) is 4.80. The molecule has 2 saturated heterocycles. The first-order valence-electron chi connectivity index (χ1n) is 12.1. The van der Waals surface area contributed by atoms with Gasteiger partial charge in [0.15, 0.2) is 0 Å². The molecule has 2 aromatic carbocycles. The third-order valence-electron chi connectivity index (χ3n) is 8.16. The van der Waals surface area contributed by atoms with E-state index >= 15 is 0 Å². The first-order chi connectivity index (χ1) is 15.7. The number of hydrogen-bond acceptors (Lipinski definition) is 6. The first kappa shape index (κ1) is 22.7. The Morgan fingerprint density at radius 2 is 1.58 bits per heavy atom. The fraction of sp³-hybridized carbons (Fsp3) is 0.538. The Balaban J connectivity index is 1.30. The van der Waals surface area contributed by atoms with Gasteiger partial charge in [0.2, 0.25) is 0 Å². The fourth-order valence-corrected chi connectivity index (χ4v) is 5.43. The number of piperazine rings is 1. The molecule has 2 heterocycles. The van der Waals surface area contributed by atoms with Gasteiger partial charge < -0.3 is 25.0 Å². The second-order valence-electron chi connectivity index (χ2n) is 10.7. The highest BCUT2D eigenvalue weighted by molar-refractivity contribution is 6.62. The largest absolute Gasteiger partial charge is 0.495 e. The van der Waals surface area contributed by atoms with Gasteiger partial charge >= 0.3 is 7.12 Å². The molecule has 3 N–H and O–H groups in total. The molecule has 0 amide bonds. The molecule has 2 aromatic rings. The van der Waals surface area contributed by atoms with E-state index in [-0.39, 0.29) is 17.2 Å². The van der Waals surface area contributed by atoms with Crippen LogP contribution in [0.15, 0.2) is 42.5 Å². The zero-order valence-electron chi connectivity index (χ0n) is 20.3. The molecule has 6 nitrogen and oxygen atoms in total. The summed E-state index contributed by atoms with van der Waals surface area (Å²) in [6.45, 7) is 12.0. The van der Waals surface area contributed by atoms with Gasteiger partial charge in [0.25, 0.3) is 0 Å². The topological polar surface area (TPSA) is 71.2 Å². The van der Waals surface area contributed by atoms with Gasteiger partial charge in [-0.05, 0) is 69.3 Å². The van der Waals surface area contributed by atoms with E-state index in [1.54, 1.807) is 0 Å². The third-order valence-corrected chi connectivity index (χ3v) is 8.16. The average Bonchev–Trinajstić information content (AvgIpc) is 3.00. The number of anilines is 2. The van der Waals surface area contributed by atoms with Gasteiger partial charge in [0.1, 0.15) is 0 Å². The number of rotatable bonds is 3. The monoisotopic (exact) mass is 449 g/mol. The van der Waals surface area contributed by atoms with Crippen molar-refractivity contribution in [3.8, 4) is 0 Å². The lowest BCUT2D eigenvalue weighted by Crippen LogP contribution is -2.56. The van der Waals surface area contributed by atoms with Gasteiger partial charge in [-0.25, -0.2) is 0 Å². The fourth-order valence-electron chi connectivity index (χ4n) is 5.43. The number of nitrogen functional groups attached to an aromatic ring is 1. The molecule has 33 heavy (non-hydrogen) atoms. The molecule has 0 radical (unpaired) electrons. The van der Waals surface area contributed by atoms with Gasteiger partial charge in [-0.15, -0.1) is 0 Å². The van der Waals surface area contributed by atoms with Crippen LogP contribution in [0.3, 0.4) is 0 Å². The van der Waals surface area contributed by atoms with Crippen LogP contribution in [0.25, 0.3) is 0 Å². The first-order valence-corrected chi connectivity index (χ1v) is 12.1. The van der Waals surface area contributed by atoms with Crippen LogP contribution >= 0.6 is 0 Å². The van der Waals surface area contributed by atoms with Crippen LogP contribution < -0.4 is 16.1 Å². The number of nitrogens with two attached hydrogens (primary N) is 1. The SMILES string of the molecule is CC1(C)OB(c2cccc3c2CC(O)[C@@H](N2CCN(c4ccccc4N)CC2)C3)OC1(C)C. The summed E-state index contributed by atoms with van der Waals surface area (Å²) in [5.74, 6) is 0. The van der Waals surface area contributed by atoms with Crippen molar-refractivity contribution in [2.45, 2.75) is 63.9 Å². The predicted molar refractivity (Wildman–Crippen MR) is 134 cm³/mol. The lowest BCUT2D eigenvalue weighted by Gasteiger charge is -2.44. The van der Waals surface area contributed by atoms with Gasteiger partial charge in [-0.1, -0.05) is 30.3 Å². The minimum atomic E-state index is -0.408. The predicted octanol–water partition coefficient (Wildman–Crippen LogP) is 2.22. The Labute approximate surface area is 197 Å². The molecule has 0 aromatic heterocycles. The minimum absolute atomic E-state index is 0.126. The van der Waals surface area contributed by atoms with E-state index in [0.29, 0.717) is 6.42 Å². The number of para-hydroxylation sites is 2. The molecule has 7 heteroatoms. The van der Waals surface area contributed by atoms with Gasteiger partial charge in [-0.3, -0.25) is 4.90 Å². The summed E-state index contributed by atoms with van der Waals surface area (Å²) in [5.41, 5.74) is 10.9. The third kappa shape index (κ3) is 4.05. The molecule has 2 atom stereocenters. The lowest BCUT2D eigenvalue weighted by molar-refractivity contribution is 0.00578. The van der Waals surface area contributed by atoms with Crippen LogP contribution in [-0.4, -0.2) is 66.7 Å². The highest BCUT2D eigenvalue weighted by Crippen LogP contribution is 2.37. The van der Waals surface area contributed by atoms with E-state index in [9.17, 15) is 5.11 Å². The number of nitrogens with zero attached hydrogens (tertiary/aromatic N) is 2. The van der Waals surface area contributed by atoms with Crippen molar-refractivity contribution in [2.75, 3.05) is 36.8 Å². The van der Waals surface area contributed by atoms with E-state index in [1.165, 1.54) is 11.1 Å². The van der Waals surface area contributed by atoms with Crippen LogP contribution in [0.4, 0.5) is 11.4 Å². The molecule has 0 saturated carbocycles. The molecule has 0 spiro atoms. The molecule has 1 aliphatic carbocycles. The molecule has 176 valence electrons. The van der Waals surface area contributed by atoms with Crippen molar-refractivity contribution in [1.29, 1.82) is 0 Å². The Bertz CT molecular complexity index is 1000. The van der Waals surface area contributed by atoms with E-state index in [1.807, 2.05) is 18.2 Å². The van der Waals surface area contributed by atoms with E-state index in [2.05, 4.69) is 61.8 Å². The van der Waals surface area contributed by atoms with Crippen molar-refractivity contribution in [3.63, 3.8) is 0 Å². The molecule has 0 bridgehead atoms. The Morgan fingerprint density at radius 1 is 0.909 bits per heavy atom. The highest BCUT2D eigenvalue weighted by Gasteiger charge is 2.52. The Morgan fingerprint density at radius 3 is 2.24 bits per heavy atom. The van der Waals surface area contributed by atoms with E-state index in [4.69, 9.17) is 15.0 Å². The number of benzene rings is 2.